The molecule has 28 heavy (non-hydrogen) atoms. The van der Waals surface area contributed by atoms with Crippen LogP contribution in [-0.4, -0.2) is 33.9 Å². The molecule has 1 aliphatic rings. The number of likely N-dealkylation sites (tertiary alicyclic amines) is 1. The van der Waals surface area contributed by atoms with Crippen LogP contribution < -0.4 is 5.32 Å². The summed E-state index contributed by atoms with van der Waals surface area (Å²) in [6.45, 7) is 5.71. The van der Waals surface area contributed by atoms with Crippen molar-refractivity contribution in [2.75, 3.05) is 11.9 Å². The standard InChI is InChI=1S/C23H27N3O2/c1-3-8-22(27)26-14-7-11-21(26)23(28)24-16-12-13-20-18(15-16)17-9-5-6-10-19(17)25(20)4-2/h5-6,9-10,12-13,15,21H,3-4,7-8,11,14H2,1-2H3,(H,24,28). The number of para-hydroxylation sites is 1. The highest BCUT2D eigenvalue weighted by molar-refractivity contribution is 6.10. The molecule has 1 N–H and O–H groups in total. The van der Waals surface area contributed by atoms with E-state index in [1.165, 1.54) is 16.4 Å². The van der Waals surface area contributed by atoms with Crippen molar-refractivity contribution < 1.29 is 9.59 Å². The maximum atomic E-state index is 12.9. The van der Waals surface area contributed by atoms with Gasteiger partial charge in [0.1, 0.15) is 6.04 Å². The number of nitrogens with zero attached hydrogens (tertiary/aromatic N) is 2. The number of carbonyl (C=O) groups is 2. The molecular weight excluding hydrogens is 350 g/mol. The van der Waals surface area contributed by atoms with Gasteiger partial charge in [-0.1, -0.05) is 25.1 Å². The molecule has 0 spiro atoms. The Morgan fingerprint density at radius 1 is 1.07 bits per heavy atom. The maximum absolute atomic E-state index is 12.9. The van der Waals surface area contributed by atoms with Crippen LogP contribution in [0.15, 0.2) is 42.5 Å². The molecule has 4 rings (SSSR count). The van der Waals surface area contributed by atoms with Gasteiger partial charge in [0.2, 0.25) is 11.8 Å². The third kappa shape index (κ3) is 3.15. The molecule has 0 aliphatic carbocycles. The SMILES string of the molecule is CCCC(=O)N1CCCC1C(=O)Nc1ccc2c(c1)c1ccccc1n2CC. The number of nitrogens with one attached hydrogen (secondary N) is 1. The van der Waals surface area contributed by atoms with Crippen LogP contribution in [0.3, 0.4) is 0 Å². The Morgan fingerprint density at radius 3 is 2.64 bits per heavy atom. The maximum Gasteiger partial charge on any atom is 0.247 e. The van der Waals surface area contributed by atoms with Crippen LogP contribution in [0.5, 0.6) is 0 Å². The fourth-order valence-electron chi connectivity index (χ4n) is 4.39. The zero-order valence-corrected chi connectivity index (χ0v) is 16.6. The van der Waals surface area contributed by atoms with E-state index in [2.05, 4.69) is 47.1 Å². The molecule has 1 fully saturated rings. The smallest absolute Gasteiger partial charge is 0.247 e. The fourth-order valence-corrected chi connectivity index (χ4v) is 4.39. The lowest BCUT2D eigenvalue weighted by Crippen LogP contribution is -2.43. The van der Waals surface area contributed by atoms with Crippen LogP contribution >= 0.6 is 0 Å². The Balaban J connectivity index is 1.62. The molecule has 0 saturated carbocycles. The number of benzene rings is 2. The van der Waals surface area contributed by atoms with E-state index in [-0.39, 0.29) is 17.9 Å². The molecular formula is C23H27N3O2. The molecule has 1 atom stereocenters. The molecule has 1 aliphatic heterocycles. The number of anilines is 1. The van der Waals surface area contributed by atoms with E-state index < -0.39 is 0 Å². The summed E-state index contributed by atoms with van der Waals surface area (Å²) in [5, 5.41) is 5.38. The van der Waals surface area contributed by atoms with Crippen molar-refractivity contribution in [1.82, 2.24) is 9.47 Å². The van der Waals surface area contributed by atoms with E-state index in [0.29, 0.717) is 13.0 Å². The summed E-state index contributed by atoms with van der Waals surface area (Å²) in [5.74, 6) is 0.00199. The molecule has 2 heterocycles. The van der Waals surface area contributed by atoms with Gasteiger partial charge in [-0.15, -0.1) is 0 Å². The second-order valence-electron chi connectivity index (χ2n) is 7.48. The van der Waals surface area contributed by atoms with Crippen molar-refractivity contribution in [1.29, 1.82) is 0 Å². The van der Waals surface area contributed by atoms with E-state index in [9.17, 15) is 9.59 Å². The van der Waals surface area contributed by atoms with E-state index in [1.54, 1.807) is 4.90 Å². The number of rotatable bonds is 5. The zero-order chi connectivity index (χ0) is 19.7. The Morgan fingerprint density at radius 2 is 1.86 bits per heavy atom. The van der Waals surface area contributed by atoms with Crippen LogP contribution in [0.4, 0.5) is 5.69 Å². The molecule has 2 aromatic carbocycles. The molecule has 5 heteroatoms. The summed E-state index contributed by atoms with van der Waals surface area (Å²) < 4.78 is 2.29. The highest BCUT2D eigenvalue weighted by Crippen LogP contribution is 2.31. The first kappa shape index (κ1) is 18.5. The van der Waals surface area contributed by atoms with Crippen molar-refractivity contribution in [3.05, 3.63) is 42.5 Å². The molecule has 1 saturated heterocycles. The summed E-state index contributed by atoms with van der Waals surface area (Å²) in [6, 6.07) is 14.1. The lowest BCUT2D eigenvalue weighted by molar-refractivity contribution is -0.136. The van der Waals surface area contributed by atoms with Gasteiger partial charge in [0.15, 0.2) is 0 Å². The highest BCUT2D eigenvalue weighted by Gasteiger charge is 2.33. The summed E-state index contributed by atoms with van der Waals surface area (Å²) in [4.78, 5) is 26.9. The van der Waals surface area contributed by atoms with E-state index in [0.717, 1.165) is 36.9 Å². The minimum atomic E-state index is -0.355. The van der Waals surface area contributed by atoms with Crippen molar-refractivity contribution in [2.24, 2.45) is 0 Å². The minimum Gasteiger partial charge on any atom is -0.341 e. The van der Waals surface area contributed by atoms with Crippen LogP contribution in [0, 0.1) is 0 Å². The molecule has 2 amide bonds. The Bertz CT molecular complexity index is 1040. The lowest BCUT2D eigenvalue weighted by Gasteiger charge is -2.24. The molecule has 5 nitrogen and oxygen atoms in total. The lowest BCUT2D eigenvalue weighted by atomic mass is 10.1. The first-order valence-electron chi connectivity index (χ1n) is 10.2. The Labute approximate surface area is 165 Å². The highest BCUT2D eigenvalue weighted by atomic mass is 16.2. The number of carbonyl (C=O) groups excluding carboxylic acids is 2. The van der Waals surface area contributed by atoms with Crippen molar-refractivity contribution >= 4 is 39.3 Å². The van der Waals surface area contributed by atoms with Gasteiger partial charge < -0.3 is 14.8 Å². The number of hydrogen-bond donors (Lipinski definition) is 1. The summed E-state index contributed by atoms with van der Waals surface area (Å²) in [5.41, 5.74) is 3.16. The van der Waals surface area contributed by atoms with Gasteiger partial charge in [-0.05, 0) is 50.5 Å². The number of amides is 2. The molecule has 1 unspecified atom stereocenters. The van der Waals surface area contributed by atoms with Crippen molar-refractivity contribution in [3.63, 3.8) is 0 Å². The second kappa shape index (κ2) is 7.66. The monoisotopic (exact) mass is 377 g/mol. The number of aryl methyl sites for hydroxylation is 1. The quantitative estimate of drug-likeness (QED) is 0.709. The predicted octanol–water partition coefficient (Wildman–Crippen LogP) is 4.54. The predicted molar refractivity (Wildman–Crippen MR) is 113 cm³/mol. The Hall–Kier alpha value is -2.82. The third-order valence-corrected chi connectivity index (χ3v) is 5.70. The number of hydrogen-bond acceptors (Lipinski definition) is 2. The summed E-state index contributed by atoms with van der Waals surface area (Å²) >= 11 is 0. The van der Waals surface area contributed by atoms with Crippen LogP contribution in [0.25, 0.3) is 21.8 Å². The van der Waals surface area contributed by atoms with E-state index in [4.69, 9.17) is 0 Å². The van der Waals surface area contributed by atoms with E-state index >= 15 is 0 Å². The number of fused-ring (bicyclic) bond motifs is 3. The van der Waals surface area contributed by atoms with Gasteiger partial charge in [-0.3, -0.25) is 9.59 Å². The van der Waals surface area contributed by atoms with Crippen molar-refractivity contribution in [2.45, 2.75) is 52.1 Å². The third-order valence-electron chi connectivity index (χ3n) is 5.70. The van der Waals surface area contributed by atoms with Crippen LogP contribution in [0.1, 0.15) is 39.5 Å². The molecule has 3 aromatic rings. The van der Waals surface area contributed by atoms with Gasteiger partial charge >= 0.3 is 0 Å². The Kier molecular flexibility index (Phi) is 5.07. The molecule has 146 valence electrons. The largest absolute Gasteiger partial charge is 0.341 e. The normalized spacial score (nSPS) is 16.8. The van der Waals surface area contributed by atoms with Gasteiger partial charge in [0, 0.05) is 47.0 Å². The van der Waals surface area contributed by atoms with Gasteiger partial charge in [0.05, 0.1) is 0 Å². The second-order valence-corrected chi connectivity index (χ2v) is 7.48. The minimum absolute atomic E-state index is 0.0828. The van der Waals surface area contributed by atoms with Crippen LogP contribution in [-0.2, 0) is 16.1 Å². The summed E-state index contributed by atoms with van der Waals surface area (Å²) in [7, 11) is 0. The first-order chi connectivity index (χ1) is 13.6. The van der Waals surface area contributed by atoms with E-state index in [1.807, 2.05) is 19.1 Å². The molecule has 0 bridgehead atoms. The van der Waals surface area contributed by atoms with Crippen molar-refractivity contribution in [3.8, 4) is 0 Å². The fraction of sp³-hybridized carbons (Fsp3) is 0.391. The zero-order valence-electron chi connectivity index (χ0n) is 16.6. The van der Waals surface area contributed by atoms with Gasteiger partial charge in [-0.25, -0.2) is 0 Å². The average Bonchev–Trinajstić information content (AvgIpc) is 3.31. The summed E-state index contributed by atoms with van der Waals surface area (Å²) in [6.07, 6.45) is 2.93. The number of aromatic nitrogens is 1. The molecule has 1 aromatic heterocycles. The van der Waals surface area contributed by atoms with Gasteiger partial charge in [-0.2, -0.15) is 0 Å². The van der Waals surface area contributed by atoms with Crippen LogP contribution in [0.2, 0.25) is 0 Å². The first-order valence-corrected chi connectivity index (χ1v) is 10.2. The molecule has 0 radical (unpaired) electrons. The topological polar surface area (TPSA) is 54.3 Å². The van der Waals surface area contributed by atoms with Gasteiger partial charge in [0.25, 0.3) is 0 Å². The average molecular weight is 377 g/mol.